The molecule has 17 heavy (non-hydrogen) atoms. The summed E-state index contributed by atoms with van der Waals surface area (Å²) in [5.74, 6) is -0.616. The Morgan fingerprint density at radius 2 is 2.12 bits per heavy atom. The summed E-state index contributed by atoms with van der Waals surface area (Å²) < 4.78 is 26.4. The lowest BCUT2D eigenvalue weighted by Crippen LogP contribution is -2.15. The van der Waals surface area contributed by atoms with Crippen LogP contribution in [0.2, 0.25) is 0 Å². The van der Waals surface area contributed by atoms with Gasteiger partial charge in [-0.3, -0.25) is 4.79 Å². The van der Waals surface area contributed by atoms with Crippen LogP contribution in [0.3, 0.4) is 0 Å². The minimum atomic E-state index is -3.10. The third-order valence-corrected chi connectivity index (χ3v) is 2.92. The molecule has 0 spiro atoms. The molecule has 0 aliphatic carbocycles. The number of esters is 1. The number of rotatable bonds is 5. The molecule has 0 amide bonds. The van der Waals surface area contributed by atoms with Crippen molar-refractivity contribution >= 4 is 21.5 Å². The molecule has 0 radical (unpaired) electrons. The summed E-state index contributed by atoms with van der Waals surface area (Å²) in [6.45, 7) is -0.111. The molecule has 0 saturated carbocycles. The number of hydrogen-bond acceptors (Lipinski definition) is 5. The van der Waals surface area contributed by atoms with Gasteiger partial charge >= 0.3 is 5.97 Å². The van der Waals surface area contributed by atoms with E-state index in [4.69, 9.17) is 10.5 Å². The maximum atomic E-state index is 11.4. The maximum Gasteiger partial charge on any atom is 0.310 e. The van der Waals surface area contributed by atoms with E-state index in [1.165, 1.54) is 0 Å². The highest BCUT2D eigenvalue weighted by Gasteiger charge is 2.07. The van der Waals surface area contributed by atoms with Gasteiger partial charge < -0.3 is 10.5 Å². The number of carbonyl (C=O) groups excluding carboxylic acids is 1. The first-order valence-corrected chi connectivity index (χ1v) is 7.10. The molecule has 0 aliphatic heterocycles. The molecule has 0 heterocycles. The van der Waals surface area contributed by atoms with Crippen LogP contribution in [0.4, 0.5) is 5.69 Å². The van der Waals surface area contributed by atoms with Crippen molar-refractivity contribution in [3.05, 3.63) is 29.8 Å². The predicted molar refractivity (Wildman–Crippen MR) is 65.2 cm³/mol. The standard InChI is InChI=1S/C11H15NO4S/c1-17(14,15)6-5-16-11(13)8-9-3-2-4-10(12)7-9/h2-4,7H,5-6,8,12H2,1H3. The summed E-state index contributed by atoms with van der Waals surface area (Å²) in [6, 6.07) is 6.90. The van der Waals surface area contributed by atoms with E-state index in [9.17, 15) is 13.2 Å². The second-order valence-corrected chi connectivity index (χ2v) is 6.03. The molecule has 0 saturated heterocycles. The average molecular weight is 257 g/mol. The first-order valence-electron chi connectivity index (χ1n) is 5.04. The Morgan fingerprint density at radius 3 is 2.71 bits per heavy atom. The van der Waals surface area contributed by atoms with Gasteiger partial charge in [0.1, 0.15) is 6.61 Å². The molecule has 0 fully saturated rings. The smallest absolute Gasteiger partial charge is 0.310 e. The van der Waals surface area contributed by atoms with Gasteiger partial charge in [-0.1, -0.05) is 12.1 Å². The Morgan fingerprint density at radius 1 is 1.41 bits per heavy atom. The number of hydrogen-bond donors (Lipinski definition) is 1. The minimum Gasteiger partial charge on any atom is -0.464 e. The molecule has 1 aromatic rings. The van der Waals surface area contributed by atoms with Gasteiger partial charge in [0.2, 0.25) is 0 Å². The molecule has 0 bridgehead atoms. The molecule has 0 aliphatic rings. The van der Waals surface area contributed by atoms with Crippen LogP contribution in [-0.4, -0.2) is 33.0 Å². The minimum absolute atomic E-state index is 0.0921. The number of ether oxygens (including phenoxy) is 1. The van der Waals surface area contributed by atoms with E-state index in [2.05, 4.69) is 0 Å². The van der Waals surface area contributed by atoms with E-state index in [0.29, 0.717) is 5.69 Å². The Labute approximate surface area is 100 Å². The van der Waals surface area contributed by atoms with Gasteiger partial charge in [-0.15, -0.1) is 0 Å². The summed E-state index contributed by atoms with van der Waals surface area (Å²) in [5.41, 5.74) is 6.88. The number of sulfone groups is 1. The maximum absolute atomic E-state index is 11.4. The monoisotopic (exact) mass is 257 g/mol. The van der Waals surface area contributed by atoms with Crippen LogP contribution >= 0.6 is 0 Å². The third-order valence-electron chi connectivity index (χ3n) is 2.02. The highest BCUT2D eigenvalue weighted by atomic mass is 32.2. The highest BCUT2D eigenvalue weighted by Crippen LogP contribution is 2.07. The number of anilines is 1. The number of nitrogens with two attached hydrogens (primary N) is 1. The van der Waals surface area contributed by atoms with Crippen LogP contribution in [0.15, 0.2) is 24.3 Å². The molecule has 0 aromatic heterocycles. The van der Waals surface area contributed by atoms with Gasteiger partial charge in [-0.25, -0.2) is 8.42 Å². The van der Waals surface area contributed by atoms with E-state index in [-0.39, 0.29) is 18.8 Å². The first-order chi connectivity index (χ1) is 7.87. The molecule has 1 aromatic carbocycles. The Hall–Kier alpha value is -1.56. The van der Waals surface area contributed by atoms with Crippen LogP contribution in [0, 0.1) is 0 Å². The van der Waals surface area contributed by atoms with E-state index >= 15 is 0 Å². The van der Waals surface area contributed by atoms with Crippen LogP contribution in [0.5, 0.6) is 0 Å². The molecule has 94 valence electrons. The van der Waals surface area contributed by atoms with Gasteiger partial charge in [0.25, 0.3) is 0 Å². The zero-order chi connectivity index (χ0) is 12.9. The fourth-order valence-electron chi connectivity index (χ4n) is 1.23. The molecular formula is C11H15NO4S. The van der Waals surface area contributed by atoms with Gasteiger partial charge in [-0.2, -0.15) is 0 Å². The molecule has 5 nitrogen and oxygen atoms in total. The van der Waals surface area contributed by atoms with E-state index < -0.39 is 15.8 Å². The van der Waals surface area contributed by atoms with Crippen LogP contribution in [0.25, 0.3) is 0 Å². The quantitative estimate of drug-likeness (QED) is 0.609. The van der Waals surface area contributed by atoms with Gasteiger partial charge in [0.15, 0.2) is 9.84 Å². The average Bonchev–Trinajstić information content (AvgIpc) is 2.15. The van der Waals surface area contributed by atoms with Gasteiger partial charge in [0.05, 0.1) is 12.2 Å². The lowest BCUT2D eigenvalue weighted by Gasteiger charge is -2.04. The zero-order valence-corrected chi connectivity index (χ0v) is 10.4. The van der Waals surface area contributed by atoms with Crippen LogP contribution in [-0.2, 0) is 25.8 Å². The Kier molecular flexibility index (Phi) is 4.51. The summed E-state index contributed by atoms with van der Waals surface area (Å²) in [4.78, 5) is 11.4. The lowest BCUT2D eigenvalue weighted by atomic mass is 10.1. The van der Waals surface area contributed by atoms with Crippen molar-refractivity contribution < 1.29 is 17.9 Å². The third kappa shape index (κ3) is 5.91. The summed E-state index contributed by atoms with van der Waals surface area (Å²) >= 11 is 0. The molecular weight excluding hydrogens is 242 g/mol. The number of carbonyl (C=O) groups is 1. The van der Waals surface area contributed by atoms with E-state index in [0.717, 1.165) is 11.8 Å². The second kappa shape index (κ2) is 5.67. The van der Waals surface area contributed by atoms with Crippen LogP contribution in [0.1, 0.15) is 5.56 Å². The fraction of sp³-hybridized carbons (Fsp3) is 0.364. The fourth-order valence-corrected chi connectivity index (χ4v) is 1.61. The van der Waals surface area contributed by atoms with Crippen molar-refractivity contribution in [3.63, 3.8) is 0 Å². The van der Waals surface area contributed by atoms with Crippen molar-refractivity contribution in [2.45, 2.75) is 6.42 Å². The van der Waals surface area contributed by atoms with Gasteiger partial charge in [0, 0.05) is 11.9 Å². The van der Waals surface area contributed by atoms with E-state index in [1.54, 1.807) is 24.3 Å². The Balaban J connectivity index is 2.40. The van der Waals surface area contributed by atoms with E-state index in [1.807, 2.05) is 0 Å². The summed E-state index contributed by atoms with van der Waals surface area (Å²) in [7, 11) is -3.10. The summed E-state index contributed by atoms with van der Waals surface area (Å²) in [5, 5.41) is 0. The number of benzene rings is 1. The van der Waals surface area contributed by atoms with Gasteiger partial charge in [-0.05, 0) is 17.7 Å². The largest absolute Gasteiger partial charge is 0.464 e. The molecule has 6 heteroatoms. The second-order valence-electron chi connectivity index (χ2n) is 3.77. The normalized spacial score (nSPS) is 11.1. The molecule has 2 N–H and O–H groups in total. The van der Waals surface area contributed by atoms with Crippen molar-refractivity contribution in [3.8, 4) is 0 Å². The number of nitrogen functional groups attached to an aromatic ring is 1. The Bertz CT molecular complexity index is 496. The summed E-state index contributed by atoms with van der Waals surface area (Å²) in [6.07, 6.45) is 1.19. The first kappa shape index (κ1) is 13.5. The molecule has 0 unspecified atom stereocenters. The van der Waals surface area contributed by atoms with Crippen molar-refractivity contribution in [2.24, 2.45) is 0 Å². The van der Waals surface area contributed by atoms with Crippen molar-refractivity contribution in [1.29, 1.82) is 0 Å². The zero-order valence-electron chi connectivity index (χ0n) is 9.55. The van der Waals surface area contributed by atoms with Crippen LogP contribution < -0.4 is 5.73 Å². The molecule has 1 rings (SSSR count). The lowest BCUT2D eigenvalue weighted by molar-refractivity contribution is -0.142. The van der Waals surface area contributed by atoms with Crippen molar-refractivity contribution in [1.82, 2.24) is 0 Å². The highest BCUT2D eigenvalue weighted by molar-refractivity contribution is 7.90. The SMILES string of the molecule is CS(=O)(=O)CCOC(=O)Cc1cccc(N)c1. The van der Waals surface area contributed by atoms with Crippen molar-refractivity contribution in [2.75, 3.05) is 24.3 Å². The predicted octanol–water partition coefficient (Wildman–Crippen LogP) is 0.399. The topological polar surface area (TPSA) is 86.5 Å². The molecule has 0 atom stereocenters.